The molecule has 0 saturated carbocycles. The maximum absolute atomic E-state index is 5.25. The fraction of sp³-hybridized carbons (Fsp3) is 0.0233. The topological polar surface area (TPSA) is 44.9 Å². The van der Waals surface area contributed by atoms with E-state index in [0.29, 0.717) is 24.0 Å². The number of aromatic nitrogens is 3. The van der Waals surface area contributed by atoms with E-state index in [1.54, 1.807) is 0 Å². The van der Waals surface area contributed by atoms with Gasteiger partial charge in [-0.1, -0.05) is 115 Å². The normalized spacial score (nSPS) is 14.3. The highest BCUT2D eigenvalue weighted by molar-refractivity contribution is 6.24. The summed E-state index contributed by atoms with van der Waals surface area (Å²) in [7, 11) is 0. The first kappa shape index (κ1) is 26.7. The van der Waals surface area contributed by atoms with Crippen molar-refractivity contribution in [1.82, 2.24) is 19.5 Å². The number of benzene rings is 6. The molecular weight excluding hydrogens is 587 g/mol. The summed E-state index contributed by atoms with van der Waals surface area (Å²) >= 11 is 0. The van der Waals surface area contributed by atoms with Gasteiger partial charge in [0.25, 0.3) is 0 Å². The number of allylic oxidation sites excluding steroid dienone is 4. The zero-order valence-corrected chi connectivity index (χ0v) is 26.0. The molecule has 0 fully saturated rings. The molecule has 1 aromatic heterocycles. The van der Waals surface area contributed by atoms with Gasteiger partial charge in [-0.05, 0) is 74.5 Å². The smallest absolute Gasteiger partial charge is 0.303 e. The van der Waals surface area contributed by atoms with E-state index in [1.165, 1.54) is 38.7 Å². The summed E-state index contributed by atoms with van der Waals surface area (Å²) < 4.78 is 2.29. The van der Waals surface area contributed by atoms with Crippen LogP contribution in [0.1, 0.15) is 12.0 Å². The minimum absolute atomic E-state index is 0.601. The van der Waals surface area contributed by atoms with Gasteiger partial charge in [0.1, 0.15) is 11.4 Å². The zero-order valence-electron chi connectivity index (χ0n) is 26.0. The van der Waals surface area contributed by atoms with Crippen molar-refractivity contribution in [2.75, 3.05) is 4.90 Å². The largest absolute Gasteiger partial charge is 0.442 e. The molecule has 0 N–H and O–H groups in total. The average Bonchev–Trinajstić information content (AvgIpc) is 3.17. The Morgan fingerprint density at radius 2 is 1.15 bits per heavy atom. The third kappa shape index (κ3) is 4.04. The van der Waals surface area contributed by atoms with Crippen molar-refractivity contribution < 1.29 is 0 Å². The second-order valence-corrected chi connectivity index (χ2v) is 12.3. The molecule has 0 unspecified atom stereocenters. The zero-order chi connectivity index (χ0) is 31.6. The van der Waals surface area contributed by atoms with E-state index in [0.717, 1.165) is 33.9 Å². The van der Waals surface area contributed by atoms with Gasteiger partial charge in [-0.15, -0.1) is 0 Å². The molecular formula is C43H28N5+. The van der Waals surface area contributed by atoms with E-state index in [9.17, 15) is 0 Å². The lowest BCUT2D eigenvalue weighted by Crippen LogP contribution is -2.37. The lowest BCUT2D eigenvalue weighted by Gasteiger charge is -2.40. The molecule has 1 aliphatic carbocycles. The van der Waals surface area contributed by atoms with Crippen LogP contribution in [0.5, 0.6) is 0 Å². The first-order valence-electron chi connectivity index (χ1n) is 16.3. The highest BCUT2D eigenvalue weighted by Crippen LogP contribution is 2.55. The molecule has 0 saturated heterocycles. The molecule has 48 heavy (non-hydrogen) atoms. The third-order valence-corrected chi connectivity index (χ3v) is 9.54. The molecule has 2 aliphatic heterocycles. The SMILES string of the molecule is C1=C(c2ccccc2)CC2=[N+](c3nc(-c4ccccc4)nc(-c4ccccc4)n3)c3ccc4cccc5c4c3N(C2=C1)c1ccccc1-5. The minimum Gasteiger partial charge on any atom is -0.303 e. The maximum Gasteiger partial charge on any atom is 0.442 e. The molecule has 0 amide bonds. The molecule has 3 heterocycles. The molecule has 0 spiro atoms. The Balaban J connectivity index is 1.31. The number of rotatable bonds is 4. The maximum atomic E-state index is 5.25. The lowest BCUT2D eigenvalue weighted by atomic mass is 9.86. The van der Waals surface area contributed by atoms with Gasteiger partial charge < -0.3 is 4.90 Å². The predicted molar refractivity (Wildman–Crippen MR) is 196 cm³/mol. The number of nitrogens with zero attached hydrogens (tertiary/aromatic N) is 5. The van der Waals surface area contributed by atoms with Gasteiger partial charge in [0, 0.05) is 28.5 Å². The summed E-state index contributed by atoms with van der Waals surface area (Å²) in [6.45, 7) is 0. The Kier molecular flexibility index (Phi) is 5.87. The van der Waals surface area contributed by atoms with Crippen LogP contribution in [0.25, 0.3) is 50.2 Å². The quantitative estimate of drug-likeness (QED) is 0.185. The third-order valence-electron chi connectivity index (χ3n) is 9.54. The van der Waals surface area contributed by atoms with E-state index in [4.69, 9.17) is 15.0 Å². The molecule has 5 nitrogen and oxygen atoms in total. The van der Waals surface area contributed by atoms with Crippen LogP contribution in [0.3, 0.4) is 0 Å². The molecule has 7 aromatic rings. The van der Waals surface area contributed by atoms with Gasteiger partial charge in [-0.25, -0.2) is 0 Å². The Morgan fingerprint density at radius 1 is 0.521 bits per heavy atom. The highest BCUT2D eigenvalue weighted by Gasteiger charge is 2.41. The van der Waals surface area contributed by atoms with Crippen LogP contribution >= 0.6 is 0 Å². The van der Waals surface area contributed by atoms with E-state index in [1.807, 2.05) is 36.4 Å². The van der Waals surface area contributed by atoms with Crippen LogP contribution in [-0.2, 0) is 0 Å². The van der Waals surface area contributed by atoms with E-state index < -0.39 is 0 Å². The van der Waals surface area contributed by atoms with E-state index in [-0.39, 0.29) is 0 Å². The van der Waals surface area contributed by atoms with Gasteiger partial charge in [-0.3, -0.25) is 0 Å². The summed E-state index contributed by atoms with van der Waals surface area (Å²) in [5, 5.41) is 2.44. The second-order valence-electron chi connectivity index (χ2n) is 12.3. The highest BCUT2D eigenvalue weighted by atomic mass is 15.3. The number of hydrogen-bond donors (Lipinski definition) is 0. The number of hydrogen-bond acceptors (Lipinski definition) is 4. The van der Waals surface area contributed by atoms with Crippen molar-refractivity contribution in [2.45, 2.75) is 6.42 Å². The number of para-hydroxylation sites is 1. The monoisotopic (exact) mass is 614 g/mol. The van der Waals surface area contributed by atoms with Crippen molar-refractivity contribution in [3.05, 3.63) is 169 Å². The summed E-state index contributed by atoms with van der Waals surface area (Å²) in [4.78, 5) is 18.0. The molecule has 5 heteroatoms. The molecule has 10 rings (SSSR count). The van der Waals surface area contributed by atoms with E-state index >= 15 is 0 Å². The van der Waals surface area contributed by atoms with Crippen LogP contribution in [0.15, 0.2) is 163 Å². The summed E-state index contributed by atoms with van der Waals surface area (Å²) in [5.74, 6) is 1.88. The standard InChI is InChI=1S/C43H28N5/c1-4-13-28(14-5-1)32-24-25-36-38(27-32)48(43-45-41(30-15-6-2-7-16-30)44-42(46-43)31-17-8-3-9-18-31)37-26-23-29-19-12-21-34-33-20-10-11-22-35(33)47(36)40(37)39(29)34/h1-26H,27H2/q+1. The average molecular weight is 615 g/mol. The first-order chi connectivity index (χ1) is 23.8. The lowest BCUT2D eigenvalue weighted by molar-refractivity contribution is 0.901. The molecule has 6 aromatic carbocycles. The van der Waals surface area contributed by atoms with Gasteiger partial charge in [0.15, 0.2) is 0 Å². The molecule has 224 valence electrons. The van der Waals surface area contributed by atoms with Crippen molar-refractivity contribution >= 4 is 45.1 Å². The molecule has 3 aliphatic rings. The van der Waals surface area contributed by atoms with Crippen LogP contribution in [0.4, 0.5) is 23.0 Å². The van der Waals surface area contributed by atoms with Crippen LogP contribution < -0.4 is 9.48 Å². The fourth-order valence-electron chi connectivity index (χ4n) is 7.37. The summed E-state index contributed by atoms with van der Waals surface area (Å²) in [6, 6.07) is 50.9. The van der Waals surface area contributed by atoms with E-state index in [2.05, 4.69) is 131 Å². The van der Waals surface area contributed by atoms with Crippen LogP contribution in [0.2, 0.25) is 0 Å². The van der Waals surface area contributed by atoms with Crippen LogP contribution in [0, 0.1) is 0 Å². The minimum atomic E-state index is 0.601. The van der Waals surface area contributed by atoms with Gasteiger partial charge in [0.2, 0.25) is 11.6 Å². The first-order valence-corrected chi connectivity index (χ1v) is 16.3. The van der Waals surface area contributed by atoms with Gasteiger partial charge in [0.05, 0.1) is 17.1 Å². The van der Waals surface area contributed by atoms with Crippen molar-refractivity contribution in [3.8, 4) is 33.9 Å². The van der Waals surface area contributed by atoms with Crippen molar-refractivity contribution in [1.29, 1.82) is 0 Å². The fourth-order valence-corrected chi connectivity index (χ4v) is 7.37. The Morgan fingerprint density at radius 3 is 1.85 bits per heavy atom. The second kappa shape index (κ2) is 10.5. The Labute approximate surface area is 278 Å². The molecule has 0 atom stereocenters. The predicted octanol–water partition coefficient (Wildman–Crippen LogP) is 10.1. The Bertz CT molecular complexity index is 2460. The van der Waals surface area contributed by atoms with Gasteiger partial charge in [-0.2, -0.15) is 9.56 Å². The van der Waals surface area contributed by atoms with Crippen LogP contribution in [-0.4, -0.2) is 20.7 Å². The molecule has 0 bridgehead atoms. The van der Waals surface area contributed by atoms with Crippen molar-refractivity contribution in [2.24, 2.45) is 0 Å². The number of fused-ring (bicyclic) bond motifs is 5. The number of anilines is 2. The Hall–Kier alpha value is -6.46. The van der Waals surface area contributed by atoms with Crippen molar-refractivity contribution in [3.63, 3.8) is 0 Å². The summed E-state index contributed by atoms with van der Waals surface area (Å²) in [5.41, 5.74) is 12.4. The van der Waals surface area contributed by atoms with Gasteiger partial charge >= 0.3 is 5.95 Å². The molecule has 0 radical (unpaired) electrons. The summed E-state index contributed by atoms with van der Waals surface area (Å²) in [6.07, 6.45) is 5.26.